The first kappa shape index (κ1) is 38.3. The molecule has 306 valence electrons. The Hall–Kier alpha value is -7.14. The first-order valence-corrected chi connectivity index (χ1v) is 24.7. The summed E-state index contributed by atoms with van der Waals surface area (Å²) >= 11 is 5.66. The largest absolute Gasteiger partial charge is 0.134 e. The number of hydrogen-bond donors (Lipinski definition) is 0. The molecule has 0 N–H and O–H groups in total. The van der Waals surface area contributed by atoms with Crippen LogP contribution in [-0.4, -0.2) is 0 Å². The van der Waals surface area contributed by atoms with Crippen LogP contribution in [0.4, 0.5) is 0 Å². The van der Waals surface area contributed by atoms with E-state index in [0.717, 1.165) is 0 Å². The quantitative estimate of drug-likeness (QED) is 0.143. The molecule has 0 saturated carbocycles. The molecule has 3 heteroatoms. The molecule has 0 spiro atoms. The van der Waals surface area contributed by atoms with E-state index in [1.807, 2.05) is 34.0 Å². The number of fused-ring (bicyclic) bond motifs is 6. The Balaban J connectivity index is 0.845. The van der Waals surface area contributed by atoms with Gasteiger partial charge in [0, 0.05) is 29.3 Å². The summed E-state index contributed by atoms with van der Waals surface area (Å²) in [5, 5.41) is 0. The monoisotopic (exact) mass is 880 g/mol. The van der Waals surface area contributed by atoms with Crippen LogP contribution < -0.4 is 0 Å². The molecular weight excluding hydrogens is 841 g/mol. The lowest BCUT2D eigenvalue weighted by Crippen LogP contribution is -2.28. The molecule has 0 bridgehead atoms. The Bertz CT molecular complexity index is 3220. The van der Waals surface area contributed by atoms with E-state index in [1.54, 1.807) is 0 Å². The van der Waals surface area contributed by atoms with Crippen LogP contribution in [0.25, 0.3) is 62.6 Å². The zero-order valence-corrected chi connectivity index (χ0v) is 37.8. The van der Waals surface area contributed by atoms with Crippen LogP contribution in [0.15, 0.2) is 243 Å². The number of hydrogen-bond acceptors (Lipinski definition) is 3. The molecule has 13 rings (SSSR count). The summed E-state index contributed by atoms with van der Waals surface area (Å²) in [6, 6.07) is 90.5. The molecule has 0 saturated heterocycles. The van der Waals surface area contributed by atoms with E-state index in [0.29, 0.717) is 0 Å². The van der Waals surface area contributed by atoms with Gasteiger partial charge >= 0.3 is 0 Å². The van der Waals surface area contributed by atoms with Crippen molar-refractivity contribution in [2.45, 2.75) is 10.8 Å². The van der Waals surface area contributed by atoms with Gasteiger partial charge in [0.15, 0.2) is 0 Å². The van der Waals surface area contributed by atoms with Crippen molar-refractivity contribution in [3.63, 3.8) is 0 Å². The molecule has 11 aromatic rings. The van der Waals surface area contributed by atoms with Crippen molar-refractivity contribution < 1.29 is 0 Å². The Morgan fingerprint density at radius 2 is 0.492 bits per heavy atom. The van der Waals surface area contributed by atoms with Crippen LogP contribution in [-0.2, 0) is 10.8 Å². The van der Waals surface area contributed by atoms with E-state index in [-0.39, 0.29) is 0 Å². The molecule has 0 atom stereocenters. The van der Waals surface area contributed by atoms with E-state index in [9.17, 15) is 0 Å². The van der Waals surface area contributed by atoms with E-state index in [4.69, 9.17) is 0 Å². The smallest absolute Gasteiger partial charge is 0.0713 e. The minimum atomic E-state index is -0.412. The molecule has 2 aliphatic rings. The van der Waals surface area contributed by atoms with Crippen LogP contribution in [0.1, 0.15) is 44.5 Å². The van der Waals surface area contributed by atoms with Crippen molar-refractivity contribution in [2.75, 3.05) is 0 Å². The van der Waals surface area contributed by atoms with Crippen molar-refractivity contribution in [1.29, 1.82) is 0 Å². The molecule has 65 heavy (non-hydrogen) atoms. The highest BCUT2D eigenvalue weighted by molar-refractivity contribution is 7.27. The first-order chi connectivity index (χ1) is 32.2. The molecule has 0 unspecified atom stereocenters. The average molecular weight is 881 g/mol. The zero-order chi connectivity index (χ0) is 43.0. The number of rotatable bonds is 8. The van der Waals surface area contributed by atoms with Crippen molar-refractivity contribution in [2.24, 2.45) is 0 Å². The van der Waals surface area contributed by atoms with Gasteiger partial charge in [0.25, 0.3) is 0 Å². The van der Waals surface area contributed by atoms with Crippen molar-refractivity contribution in [1.82, 2.24) is 0 Å². The highest BCUT2D eigenvalue weighted by Crippen LogP contribution is 2.59. The first-order valence-electron chi connectivity index (χ1n) is 22.2. The van der Waals surface area contributed by atoms with Gasteiger partial charge in [-0.1, -0.05) is 194 Å². The van der Waals surface area contributed by atoms with Crippen molar-refractivity contribution in [3.8, 4) is 62.6 Å². The summed E-state index contributed by atoms with van der Waals surface area (Å²) in [6.45, 7) is 0. The standard InChI is InChI=1S/C62H40S3/c1-5-17-43(18-6-1)61(44-19-7-2-8-20-44)51-27-15-13-25-47(51)49-31-29-41(39-53(49)61)55-33-35-57(63-55)59-37-38-60(65-59)58-36-34-56(64-58)42-30-32-50-48-26-14-16-28-52(48)62(54(50)40-42,45-21-9-3-10-22-45)46-23-11-4-12-24-46/h1-40H. The lowest BCUT2D eigenvalue weighted by atomic mass is 9.67. The predicted octanol–water partition coefficient (Wildman–Crippen LogP) is 17.3. The third-order valence-electron chi connectivity index (χ3n) is 13.8. The van der Waals surface area contributed by atoms with Gasteiger partial charge in [-0.3, -0.25) is 0 Å². The van der Waals surface area contributed by atoms with Crippen LogP contribution in [0.3, 0.4) is 0 Å². The maximum absolute atomic E-state index is 2.47. The van der Waals surface area contributed by atoms with Gasteiger partial charge in [-0.15, -0.1) is 34.0 Å². The summed E-state index contributed by atoms with van der Waals surface area (Å²) in [4.78, 5) is 7.75. The Morgan fingerprint density at radius 1 is 0.215 bits per heavy atom. The second kappa shape index (κ2) is 15.3. The van der Waals surface area contributed by atoms with Crippen LogP contribution >= 0.6 is 34.0 Å². The van der Waals surface area contributed by atoms with E-state index in [1.165, 1.54) is 107 Å². The highest BCUT2D eigenvalue weighted by atomic mass is 32.1. The predicted molar refractivity (Wildman–Crippen MR) is 276 cm³/mol. The van der Waals surface area contributed by atoms with Gasteiger partial charge < -0.3 is 0 Å². The maximum Gasteiger partial charge on any atom is 0.0713 e. The average Bonchev–Trinajstić information content (AvgIpc) is 4.24. The minimum absolute atomic E-state index is 0.412. The van der Waals surface area contributed by atoms with Crippen molar-refractivity contribution >= 4 is 34.0 Å². The van der Waals surface area contributed by atoms with Crippen LogP contribution in [0.5, 0.6) is 0 Å². The normalized spacial score (nSPS) is 13.8. The summed E-state index contributed by atoms with van der Waals surface area (Å²) in [6.07, 6.45) is 0. The lowest BCUT2D eigenvalue weighted by molar-refractivity contribution is 0.769. The molecule has 8 aromatic carbocycles. The fraction of sp³-hybridized carbons (Fsp3) is 0.0323. The summed E-state index contributed by atoms with van der Waals surface area (Å²) < 4.78 is 0. The van der Waals surface area contributed by atoms with Crippen molar-refractivity contribution in [3.05, 3.63) is 287 Å². The minimum Gasteiger partial charge on any atom is -0.134 e. The van der Waals surface area contributed by atoms with Gasteiger partial charge in [-0.25, -0.2) is 0 Å². The van der Waals surface area contributed by atoms with E-state index in [2.05, 4.69) is 243 Å². The third-order valence-corrected chi connectivity index (χ3v) is 17.5. The highest BCUT2D eigenvalue weighted by Gasteiger charge is 2.47. The van der Waals surface area contributed by atoms with Gasteiger partial charge in [-0.05, 0) is 126 Å². The Morgan fingerprint density at radius 3 is 0.846 bits per heavy atom. The summed E-state index contributed by atoms with van der Waals surface area (Å²) in [5.74, 6) is 0. The molecule has 3 aromatic heterocycles. The molecule has 3 heterocycles. The van der Waals surface area contributed by atoms with Gasteiger partial charge in [0.1, 0.15) is 0 Å². The Kier molecular flexibility index (Phi) is 8.99. The number of thiophene rings is 3. The van der Waals surface area contributed by atoms with E-state index < -0.39 is 10.8 Å². The second-order valence-electron chi connectivity index (χ2n) is 17.1. The SMILES string of the molecule is c1ccc(C2(c3ccccc3)c3ccccc3-c3ccc(-c4ccc(-c5ccc(-c6ccc(-c7ccc8c(c7)C(c7ccccc7)(c7ccccc7)c7ccccc7-8)s6)s5)s4)cc32)cc1. The summed E-state index contributed by atoms with van der Waals surface area (Å²) in [5.41, 5.74) is 17.5. The van der Waals surface area contributed by atoms with Gasteiger partial charge in [0.05, 0.1) is 10.8 Å². The molecule has 0 amide bonds. The van der Waals surface area contributed by atoms with E-state index >= 15 is 0 Å². The molecule has 0 fully saturated rings. The number of benzene rings is 8. The van der Waals surface area contributed by atoms with Gasteiger partial charge in [0.2, 0.25) is 0 Å². The third kappa shape index (κ3) is 5.79. The lowest BCUT2D eigenvalue weighted by Gasteiger charge is -2.34. The fourth-order valence-corrected chi connectivity index (χ4v) is 14.2. The maximum atomic E-state index is 2.47. The molecule has 0 aliphatic heterocycles. The molecule has 0 radical (unpaired) electrons. The van der Waals surface area contributed by atoms with Crippen LogP contribution in [0.2, 0.25) is 0 Å². The van der Waals surface area contributed by atoms with Crippen LogP contribution in [0, 0.1) is 0 Å². The topological polar surface area (TPSA) is 0 Å². The fourth-order valence-electron chi connectivity index (χ4n) is 11.0. The molecular formula is C62H40S3. The zero-order valence-electron chi connectivity index (χ0n) is 35.3. The summed E-state index contributed by atoms with van der Waals surface area (Å²) in [7, 11) is 0. The second-order valence-corrected chi connectivity index (χ2v) is 20.3. The molecule has 0 nitrogen and oxygen atoms in total. The van der Waals surface area contributed by atoms with Gasteiger partial charge in [-0.2, -0.15) is 0 Å². The molecule has 2 aliphatic carbocycles. The Labute approximate surface area is 392 Å².